The smallest absolute Gasteiger partial charge is 0.251 e. The monoisotopic (exact) mass is 382 g/mol. The van der Waals surface area contributed by atoms with Crippen molar-refractivity contribution in [2.24, 2.45) is 5.92 Å². The van der Waals surface area contributed by atoms with E-state index in [2.05, 4.69) is 10.6 Å². The second kappa shape index (κ2) is 9.93. The summed E-state index contributed by atoms with van der Waals surface area (Å²) in [6, 6.07) is 14.3. The van der Waals surface area contributed by atoms with Gasteiger partial charge < -0.3 is 15.4 Å². The normalized spacial score (nSPS) is 12.0. The summed E-state index contributed by atoms with van der Waals surface area (Å²) in [5, 5.41) is 5.76. The summed E-state index contributed by atoms with van der Waals surface area (Å²) >= 11 is 0. The number of benzene rings is 2. The van der Waals surface area contributed by atoms with Gasteiger partial charge in [0.05, 0.1) is 6.10 Å². The summed E-state index contributed by atoms with van der Waals surface area (Å²) in [7, 11) is 0. The predicted octanol–water partition coefficient (Wildman–Crippen LogP) is 3.85. The molecule has 0 aliphatic carbocycles. The van der Waals surface area contributed by atoms with E-state index in [9.17, 15) is 9.59 Å². The lowest BCUT2D eigenvalue weighted by Crippen LogP contribution is -2.49. The van der Waals surface area contributed by atoms with Gasteiger partial charge in [-0.1, -0.05) is 43.7 Å². The first kappa shape index (κ1) is 21.5. The van der Waals surface area contributed by atoms with Crippen LogP contribution < -0.4 is 15.4 Å². The number of aryl methyl sites for hydroxylation is 1. The molecule has 0 fully saturated rings. The fourth-order valence-electron chi connectivity index (χ4n) is 2.72. The Kier molecular flexibility index (Phi) is 7.61. The minimum absolute atomic E-state index is 0.0313. The fraction of sp³-hybridized carbons (Fsp3) is 0.391. The highest BCUT2D eigenvalue weighted by molar-refractivity contribution is 5.97. The van der Waals surface area contributed by atoms with Gasteiger partial charge in [0.2, 0.25) is 5.91 Å². The molecule has 0 bridgehead atoms. The molecule has 0 aromatic heterocycles. The predicted molar refractivity (Wildman–Crippen MR) is 111 cm³/mol. The van der Waals surface area contributed by atoms with Crippen molar-refractivity contribution in [3.63, 3.8) is 0 Å². The third-order valence-corrected chi connectivity index (χ3v) is 4.31. The van der Waals surface area contributed by atoms with Gasteiger partial charge in [0, 0.05) is 12.1 Å². The Morgan fingerprint density at radius 2 is 1.54 bits per heavy atom. The van der Waals surface area contributed by atoms with Gasteiger partial charge in [-0.2, -0.15) is 0 Å². The highest BCUT2D eigenvalue weighted by Gasteiger charge is 2.24. The number of rotatable bonds is 8. The lowest BCUT2D eigenvalue weighted by molar-refractivity contribution is -0.124. The molecule has 2 rings (SSSR count). The molecule has 2 aromatic rings. The Bertz CT molecular complexity index is 780. The summed E-state index contributed by atoms with van der Waals surface area (Å²) < 4.78 is 5.62. The first-order valence-corrected chi connectivity index (χ1v) is 9.67. The molecule has 2 amide bonds. The van der Waals surface area contributed by atoms with Crippen LogP contribution in [0.1, 0.15) is 49.2 Å². The highest BCUT2D eigenvalue weighted by Crippen LogP contribution is 2.14. The number of hydrogen-bond donors (Lipinski definition) is 2. The molecule has 5 heteroatoms. The molecule has 0 radical (unpaired) electrons. The van der Waals surface area contributed by atoms with Crippen LogP contribution in [-0.2, 0) is 11.3 Å². The van der Waals surface area contributed by atoms with Crippen LogP contribution in [0.3, 0.4) is 0 Å². The number of hydrogen-bond acceptors (Lipinski definition) is 3. The van der Waals surface area contributed by atoms with Crippen molar-refractivity contribution in [1.82, 2.24) is 10.6 Å². The van der Waals surface area contributed by atoms with E-state index in [1.165, 1.54) is 0 Å². The highest BCUT2D eigenvalue weighted by atomic mass is 16.5. The van der Waals surface area contributed by atoms with Crippen LogP contribution in [0.25, 0.3) is 0 Å². The molecule has 2 N–H and O–H groups in total. The van der Waals surface area contributed by atoms with Gasteiger partial charge in [-0.3, -0.25) is 9.59 Å². The summed E-state index contributed by atoms with van der Waals surface area (Å²) in [4.78, 5) is 25.1. The van der Waals surface area contributed by atoms with E-state index in [-0.39, 0.29) is 23.8 Å². The molecule has 28 heavy (non-hydrogen) atoms. The Labute approximate surface area is 167 Å². The van der Waals surface area contributed by atoms with Gasteiger partial charge in [-0.05, 0) is 56.5 Å². The van der Waals surface area contributed by atoms with E-state index in [1.54, 1.807) is 12.1 Å². The van der Waals surface area contributed by atoms with Crippen molar-refractivity contribution < 1.29 is 14.3 Å². The Morgan fingerprint density at radius 1 is 0.929 bits per heavy atom. The average Bonchev–Trinajstić information content (AvgIpc) is 2.65. The SMILES string of the molecule is Cc1ccc(C(=O)NC(C(=O)NCc2ccc(OC(C)C)cc2)C(C)C)cc1. The number of amides is 2. The lowest BCUT2D eigenvalue weighted by atomic mass is 10.0. The standard InChI is InChI=1S/C23H30N2O3/c1-15(2)21(25-22(26)19-10-6-17(5)7-11-19)23(27)24-14-18-8-12-20(13-9-18)28-16(3)4/h6-13,15-16,21H,14H2,1-5H3,(H,24,27)(H,25,26). The summed E-state index contributed by atoms with van der Waals surface area (Å²) in [5.41, 5.74) is 2.60. The summed E-state index contributed by atoms with van der Waals surface area (Å²) in [6.45, 7) is 10.1. The molecule has 1 atom stereocenters. The zero-order chi connectivity index (χ0) is 20.7. The van der Waals surface area contributed by atoms with E-state index in [4.69, 9.17) is 4.74 Å². The molecule has 0 saturated carbocycles. The minimum Gasteiger partial charge on any atom is -0.491 e. The van der Waals surface area contributed by atoms with E-state index in [1.807, 2.05) is 71.0 Å². The van der Waals surface area contributed by atoms with Gasteiger partial charge in [-0.25, -0.2) is 0 Å². The number of nitrogens with one attached hydrogen (secondary N) is 2. The van der Waals surface area contributed by atoms with Crippen LogP contribution in [0.2, 0.25) is 0 Å². The van der Waals surface area contributed by atoms with E-state index in [0.29, 0.717) is 12.1 Å². The third-order valence-electron chi connectivity index (χ3n) is 4.31. The molecule has 1 unspecified atom stereocenters. The largest absolute Gasteiger partial charge is 0.491 e. The van der Waals surface area contributed by atoms with E-state index < -0.39 is 6.04 Å². The molecular weight excluding hydrogens is 352 g/mol. The van der Waals surface area contributed by atoms with Crippen LogP contribution in [0.15, 0.2) is 48.5 Å². The molecule has 0 heterocycles. The molecule has 150 valence electrons. The first-order chi connectivity index (χ1) is 13.3. The topological polar surface area (TPSA) is 67.4 Å². The van der Waals surface area contributed by atoms with Crippen molar-refractivity contribution in [2.75, 3.05) is 0 Å². The summed E-state index contributed by atoms with van der Waals surface area (Å²) in [6.07, 6.45) is 0.120. The van der Waals surface area contributed by atoms with E-state index >= 15 is 0 Å². The quantitative estimate of drug-likeness (QED) is 0.729. The number of ether oxygens (including phenoxy) is 1. The number of carbonyl (C=O) groups is 2. The van der Waals surface area contributed by atoms with Gasteiger partial charge >= 0.3 is 0 Å². The molecule has 2 aromatic carbocycles. The second-order valence-electron chi connectivity index (χ2n) is 7.59. The zero-order valence-corrected chi connectivity index (χ0v) is 17.3. The molecule has 0 aliphatic heterocycles. The van der Waals surface area contributed by atoms with Crippen molar-refractivity contribution in [1.29, 1.82) is 0 Å². The van der Waals surface area contributed by atoms with Crippen molar-refractivity contribution in [3.8, 4) is 5.75 Å². The van der Waals surface area contributed by atoms with Crippen molar-refractivity contribution in [2.45, 2.75) is 53.3 Å². The van der Waals surface area contributed by atoms with Crippen molar-refractivity contribution in [3.05, 3.63) is 65.2 Å². The third kappa shape index (κ3) is 6.41. The molecule has 0 aliphatic rings. The maximum Gasteiger partial charge on any atom is 0.251 e. The van der Waals surface area contributed by atoms with E-state index in [0.717, 1.165) is 16.9 Å². The van der Waals surface area contributed by atoms with Gasteiger partial charge in [0.15, 0.2) is 0 Å². The van der Waals surface area contributed by atoms with Crippen LogP contribution in [0.5, 0.6) is 5.75 Å². The lowest BCUT2D eigenvalue weighted by Gasteiger charge is -2.22. The maximum absolute atomic E-state index is 12.6. The van der Waals surface area contributed by atoms with Gasteiger partial charge in [-0.15, -0.1) is 0 Å². The van der Waals surface area contributed by atoms with Gasteiger partial charge in [0.25, 0.3) is 5.91 Å². The molecule has 5 nitrogen and oxygen atoms in total. The second-order valence-corrected chi connectivity index (χ2v) is 7.59. The minimum atomic E-state index is -0.600. The Hall–Kier alpha value is -2.82. The average molecular weight is 383 g/mol. The van der Waals surface area contributed by atoms with Crippen LogP contribution in [0.4, 0.5) is 0 Å². The fourth-order valence-corrected chi connectivity index (χ4v) is 2.72. The molecule has 0 spiro atoms. The summed E-state index contributed by atoms with van der Waals surface area (Å²) in [5.74, 6) is 0.328. The van der Waals surface area contributed by atoms with Crippen LogP contribution in [0, 0.1) is 12.8 Å². The Balaban J connectivity index is 1.95. The maximum atomic E-state index is 12.6. The number of carbonyl (C=O) groups excluding carboxylic acids is 2. The van der Waals surface area contributed by atoms with Crippen LogP contribution in [-0.4, -0.2) is 24.0 Å². The first-order valence-electron chi connectivity index (χ1n) is 9.67. The van der Waals surface area contributed by atoms with Crippen LogP contribution >= 0.6 is 0 Å². The Morgan fingerprint density at radius 3 is 2.07 bits per heavy atom. The zero-order valence-electron chi connectivity index (χ0n) is 17.3. The molecular formula is C23H30N2O3. The van der Waals surface area contributed by atoms with Gasteiger partial charge in [0.1, 0.15) is 11.8 Å². The molecule has 0 saturated heterocycles. The van der Waals surface area contributed by atoms with Crippen molar-refractivity contribution >= 4 is 11.8 Å².